The van der Waals surface area contributed by atoms with Crippen molar-refractivity contribution in [1.82, 2.24) is 0 Å². The Labute approximate surface area is 137 Å². The van der Waals surface area contributed by atoms with E-state index in [9.17, 15) is 0 Å². The van der Waals surface area contributed by atoms with E-state index in [1.807, 2.05) is 0 Å². The largest absolute Gasteiger partial charge is 0.133 e. The predicted octanol–water partition coefficient (Wildman–Crippen LogP) is 5.20. The fourth-order valence-electron chi connectivity index (χ4n) is 2.57. The molecule has 2 unspecified atom stereocenters. The van der Waals surface area contributed by atoms with E-state index in [2.05, 4.69) is 92.1 Å². The first-order valence-corrected chi connectivity index (χ1v) is 8.83. The highest BCUT2D eigenvalue weighted by molar-refractivity contribution is 7.27. The molecule has 3 aromatic rings. The molecule has 2 atom stereocenters. The van der Waals surface area contributed by atoms with Gasteiger partial charge < -0.3 is 0 Å². The SMILES string of the molecule is Cc1cc(-c2cccc(-c3ccc(CP)cc3)c2)ccc1P. The van der Waals surface area contributed by atoms with E-state index in [1.54, 1.807) is 0 Å². The second-order valence-corrected chi connectivity index (χ2v) is 6.58. The van der Waals surface area contributed by atoms with Crippen molar-refractivity contribution in [3.8, 4) is 22.3 Å². The first-order valence-electron chi connectivity index (χ1n) is 7.43. The van der Waals surface area contributed by atoms with E-state index < -0.39 is 0 Å². The molecule has 0 aliphatic heterocycles. The molecule has 22 heavy (non-hydrogen) atoms. The van der Waals surface area contributed by atoms with Gasteiger partial charge in [-0.25, -0.2) is 0 Å². The summed E-state index contributed by atoms with van der Waals surface area (Å²) in [4.78, 5) is 0. The summed E-state index contributed by atoms with van der Waals surface area (Å²) in [5, 5.41) is 1.26. The van der Waals surface area contributed by atoms with Crippen molar-refractivity contribution in [1.29, 1.82) is 0 Å². The molecule has 0 aromatic heterocycles. The van der Waals surface area contributed by atoms with Gasteiger partial charge in [0.05, 0.1) is 0 Å². The van der Waals surface area contributed by atoms with Gasteiger partial charge in [-0.05, 0) is 57.8 Å². The number of hydrogen-bond acceptors (Lipinski definition) is 0. The zero-order valence-electron chi connectivity index (χ0n) is 12.7. The van der Waals surface area contributed by atoms with Crippen LogP contribution < -0.4 is 5.30 Å². The van der Waals surface area contributed by atoms with Gasteiger partial charge in [0, 0.05) is 0 Å². The zero-order chi connectivity index (χ0) is 15.5. The average Bonchev–Trinajstić information content (AvgIpc) is 2.57. The first-order chi connectivity index (χ1) is 10.7. The minimum Gasteiger partial charge on any atom is -0.133 e. The molecule has 0 amide bonds. The van der Waals surface area contributed by atoms with Crippen LogP contribution in [-0.2, 0) is 6.16 Å². The van der Waals surface area contributed by atoms with Crippen molar-refractivity contribution in [2.24, 2.45) is 0 Å². The Morgan fingerprint density at radius 1 is 0.727 bits per heavy atom. The van der Waals surface area contributed by atoms with Gasteiger partial charge in [-0.2, -0.15) is 0 Å². The molecular weight excluding hydrogens is 302 g/mol. The second kappa shape index (κ2) is 6.74. The highest BCUT2D eigenvalue weighted by Crippen LogP contribution is 2.27. The maximum Gasteiger partial charge on any atom is -0.0128 e. The topological polar surface area (TPSA) is 0 Å². The molecule has 0 saturated heterocycles. The molecule has 3 rings (SSSR count). The summed E-state index contributed by atoms with van der Waals surface area (Å²) in [6.45, 7) is 2.15. The molecule has 0 saturated carbocycles. The molecular formula is C20H20P2. The van der Waals surface area contributed by atoms with Crippen LogP contribution >= 0.6 is 18.5 Å². The smallest absolute Gasteiger partial charge is 0.0128 e. The molecule has 0 fully saturated rings. The average molecular weight is 322 g/mol. The van der Waals surface area contributed by atoms with Crippen molar-refractivity contribution >= 4 is 23.8 Å². The van der Waals surface area contributed by atoms with Crippen molar-refractivity contribution in [2.75, 3.05) is 0 Å². The third kappa shape index (κ3) is 3.30. The third-order valence-electron chi connectivity index (χ3n) is 3.99. The molecule has 0 aliphatic rings. The lowest BCUT2D eigenvalue weighted by atomic mass is 9.98. The van der Waals surface area contributed by atoms with Crippen molar-refractivity contribution in [3.05, 3.63) is 77.9 Å². The third-order valence-corrected chi connectivity index (χ3v) is 5.11. The number of hydrogen-bond donors (Lipinski definition) is 0. The first kappa shape index (κ1) is 15.4. The Kier molecular flexibility index (Phi) is 4.72. The quantitative estimate of drug-likeness (QED) is 0.581. The summed E-state index contributed by atoms with van der Waals surface area (Å²) in [7, 11) is 5.55. The number of benzene rings is 3. The molecule has 0 bridgehead atoms. The lowest BCUT2D eigenvalue weighted by Gasteiger charge is -2.08. The standard InChI is InChI=1S/C20H20P2/c1-14-11-19(9-10-20(14)22)18-4-2-3-17(12-18)16-7-5-15(13-21)6-8-16/h2-12H,13,21-22H2,1H3. The van der Waals surface area contributed by atoms with E-state index in [0.717, 1.165) is 6.16 Å². The molecule has 0 radical (unpaired) electrons. The van der Waals surface area contributed by atoms with Crippen LogP contribution in [0.1, 0.15) is 11.1 Å². The van der Waals surface area contributed by atoms with Crippen LogP contribution in [0.25, 0.3) is 22.3 Å². The summed E-state index contributed by atoms with van der Waals surface area (Å²) in [6.07, 6.45) is 1.00. The fraction of sp³-hybridized carbons (Fsp3) is 0.100. The highest BCUT2D eigenvalue weighted by atomic mass is 31.0. The van der Waals surface area contributed by atoms with Crippen LogP contribution in [0.4, 0.5) is 0 Å². The Bertz CT molecular complexity index is 789. The van der Waals surface area contributed by atoms with E-state index in [1.165, 1.54) is 38.7 Å². The summed E-state index contributed by atoms with van der Waals surface area (Å²) >= 11 is 0. The number of aryl methyl sites for hydroxylation is 1. The second-order valence-electron chi connectivity index (χ2n) is 5.55. The normalized spacial score (nSPS) is 10.7. The molecule has 2 heteroatoms. The van der Waals surface area contributed by atoms with E-state index in [-0.39, 0.29) is 0 Å². The molecule has 0 spiro atoms. The van der Waals surface area contributed by atoms with E-state index in [4.69, 9.17) is 0 Å². The zero-order valence-corrected chi connectivity index (χ0v) is 15.0. The maximum atomic E-state index is 2.78. The van der Waals surface area contributed by atoms with Crippen molar-refractivity contribution in [2.45, 2.75) is 13.1 Å². The summed E-state index contributed by atoms with van der Waals surface area (Å²) < 4.78 is 0. The molecule has 110 valence electrons. The minimum absolute atomic E-state index is 1.00. The number of rotatable bonds is 3. The molecule has 0 heterocycles. The monoisotopic (exact) mass is 322 g/mol. The Morgan fingerprint density at radius 2 is 1.32 bits per heavy atom. The summed E-state index contributed by atoms with van der Waals surface area (Å²) in [5.74, 6) is 0. The lowest BCUT2D eigenvalue weighted by molar-refractivity contribution is 1.42. The van der Waals surface area contributed by atoms with Crippen LogP contribution in [0.15, 0.2) is 66.7 Å². The van der Waals surface area contributed by atoms with Gasteiger partial charge in [0.25, 0.3) is 0 Å². The lowest BCUT2D eigenvalue weighted by Crippen LogP contribution is -1.95. The molecule has 0 aliphatic carbocycles. The van der Waals surface area contributed by atoms with Gasteiger partial charge in [0.15, 0.2) is 0 Å². The molecule has 0 nitrogen and oxygen atoms in total. The highest BCUT2D eigenvalue weighted by Gasteiger charge is 2.03. The van der Waals surface area contributed by atoms with Crippen LogP contribution in [0, 0.1) is 6.92 Å². The Morgan fingerprint density at radius 3 is 1.95 bits per heavy atom. The van der Waals surface area contributed by atoms with Crippen LogP contribution in [0.2, 0.25) is 0 Å². The van der Waals surface area contributed by atoms with Gasteiger partial charge in [-0.1, -0.05) is 60.7 Å². The van der Waals surface area contributed by atoms with Gasteiger partial charge in [0.1, 0.15) is 0 Å². The van der Waals surface area contributed by atoms with Crippen molar-refractivity contribution in [3.63, 3.8) is 0 Å². The van der Waals surface area contributed by atoms with Crippen LogP contribution in [-0.4, -0.2) is 0 Å². The van der Waals surface area contributed by atoms with Gasteiger partial charge in [0.2, 0.25) is 0 Å². The summed E-state index contributed by atoms with van der Waals surface area (Å²) in [6, 6.07) is 24.2. The van der Waals surface area contributed by atoms with Gasteiger partial charge in [-0.15, -0.1) is 18.5 Å². The Hall–Kier alpha value is -1.48. The van der Waals surface area contributed by atoms with Crippen LogP contribution in [0.3, 0.4) is 0 Å². The van der Waals surface area contributed by atoms with Crippen LogP contribution in [0.5, 0.6) is 0 Å². The van der Waals surface area contributed by atoms with Crippen molar-refractivity contribution < 1.29 is 0 Å². The summed E-state index contributed by atoms with van der Waals surface area (Å²) in [5.41, 5.74) is 7.71. The minimum atomic E-state index is 1.00. The van der Waals surface area contributed by atoms with Gasteiger partial charge in [-0.3, -0.25) is 0 Å². The maximum absolute atomic E-state index is 2.78. The molecule has 3 aromatic carbocycles. The molecule has 0 N–H and O–H groups in total. The fourth-order valence-corrected chi connectivity index (χ4v) is 3.02. The predicted molar refractivity (Wildman–Crippen MR) is 105 cm³/mol. The van der Waals surface area contributed by atoms with Gasteiger partial charge >= 0.3 is 0 Å². The Balaban J connectivity index is 1.99. The van der Waals surface area contributed by atoms with E-state index in [0.29, 0.717) is 0 Å². The van der Waals surface area contributed by atoms with E-state index >= 15 is 0 Å².